The average molecular weight is 438 g/mol. The first kappa shape index (κ1) is 24.7. The summed E-state index contributed by atoms with van der Waals surface area (Å²) in [5.74, 6) is -1.02. The Morgan fingerprint density at radius 3 is 1.90 bits per heavy atom. The van der Waals surface area contributed by atoms with Gasteiger partial charge in [0.2, 0.25) is 0 Å². The summed E-state index contributed by atoms with van der Waals surface area (Å²) in [6, 6.07) is 6.94. The summed E-state index contributed by atoms with van der Waals surface area (Å²) in [4.78, 5) is 12.0. The Balaban J connectivity index is 2.47. The van der Waals surface area contributed by atoms with Crippen LogP contribution in [0, 0.1) is 0 Å². The molecule has 0 saturated heterocycles. The number of carboxylic acid groups (broad SMARTS) is 1. The van der Waals surface area contributed by atoms with Gasteiger partial charge in [0.1, 0.15) is 11.8 Å². The van der Waals surface area contributed by atoms with E-state index in [-0.39, 0.29) is 12.3 Å². The number of nitrogens with one attached hydrogen (secondary N) is 1. The molecule has 0 saturated carbocycles. The Morgan fingerprint density at radius 2 is 1.48 bits per heavy atom. The van der Waals surface area contributed by atoms with E-state index in [0.717, 1.165) is 12.1 Å². The maximum Gasteiger partial charge on any atom is 0.416 e. The smallest absolute Gasteiger partial charge is 0.416 e. The number of benzene rings is 2. The fourth-order valence-electron chi connectivity index (χ4n) is 3.39. The van der Waals surface area contributed by atoms with Gasteiger partial charge >= 0.3 is 12.1 Å². The van der Waals surface area contributed by atoms with E-state index in [2.05, 4.69) is 5.32 Å². The van der Waals surface area contributed by atoms with Crippen LogP contribution in [0.15, 0.2) is 36.4 Å². The number of halogens is 3. The fraction of sp³-hybridized carbons (Fsp3) is 0.458. The Morgan fingerprint density at radius 1 is 0.968 bits per heavy atom. The van der Waals surface area contributed by atoms with E-state index in [1.54, 1.807) is 12.1 Å². The number of hydrogen-bond donors (Lipinski definition) is 3. The maximum atomic E-state index is 13.0. The van der Waals surface area contributed by atoms with Crippen molar-refractivity contribution in [2.24, 2.45) is 0 Å². The van der Waals surface area contributed by atoms with E-state index in [9.17, 15) is 28.2 Å². The first-order valence-corrected chi connectivity index (χ1v) is 10.0. The van der Waals surface area contributed by atoms with Crippen LogP contribution in [0.3, 0.4) is 0 Å². The minimum atomic E-state index is -4.47. The highest BCUT2D eigenvalue weighted by Crippen LogP contribution is 2.41. The van der Waals surface area contributed by atoms with Gasteiger partial charge in [0.15, 0.2) is 0 Å². The topological polar surface area (TPSA) is 69.6 Å². The molecule has 170 valence electrons. The summed E-state index contributed by atoms with van der Waals surface area (Å²) in [6.45, 7) is 11.5. The molecule has 0 bridgehead atoms. The van der Waals surface area contributed by atoms with Gasteiger partial charge in [-0.1, -0.05) is 59.7 Å². The van der Waals surface area contributed by atoms with Crippen molar-refractivity contribution in [3.63, 3.8) is 0 Å². The van der Waals surface area contributed by atoms with Crippen LogP contribution in [0.2, 0.25) is 0 Å². The molecule has 2 aromatic carbocycles. The lowest BCUT2D eigenvalue weighted by Crippen LogP contribution is -2.29. The Hall–Kier alpha value is -2.54. The molecule has 2 rings (SSSR count). The molecule has 0 aliphatic rings. The zero-order valence-corrected chi connectivity index (χ0v) is 18.7. The minimum Gasteiger partial charge on any atom is -0.507 e. The Bertz CT molecular complexity index is 919. The molecular formula is C24H30F3NO3. The number of carbonyl (C=O) groups is 1. The Labute approximate surface area is 181 Å². The SMILES string of the molecule is CC(C)(C)c1cc(C(NCc2cccc(C(F)(F)F)c2)C(=O)O)cc(C(C)(C)C)c1O. The van der Waals surface area contributed by atoms with Crippen LogP contribution < -0.4 is 5.32 Å². The summed E-state index contributed by atoms with van der Waals surface area (Å²) in [7, 11) is 0. The quantitative estimate of drug-likeness (QED) is 0.543. The summed E-state index contributed by atoms with van der Waals surface area (Å²) in [5.41, 5.74) is 0.325. The van der Waals surface area contributed by atoms with Gasteiger partial charge in [-0.05, 0) is 51.3 Å². The molecule has 0 aliphatic heterocycles. The van der Waals surface area contributed by atoms with Crippen LogP contribution in [0.1, 0.15) is 75.4 Å². The molecule has 0 aliphatic carbocycles. The third-order valence-corrected chi connectivity index (χ3v) is 5.09. The standard InChI is InChI=1S/C24H30F3NO3/c1-22(2,3)17-11-15(12-18(20(17)29)23(4,5)6)19(21(30)31)28-13-14-8-7-9-16(10-14)24(25,26)27/h7-12,19,28-29H,13H2,1-6H3,(H,30,31). The van der Waals surface area contributed by atoms with Crippen molar-refractivity contribution in [3.05, 3.63) is 64.2 Å². The van der Waals surface area contributed by atoms with E-state index >= 15 is 0 Å². The predicted octanol–water partition coefficient (Wildman–Crippen LogP) is 5.92. The fourth-order valence-corrected chi connectivity index (χ4v) is 3.39. The number of phenolic OH excluding ortho intramolecular Hbond substituents is 1. The zero-order valence-electron chi connectivity index (χ0n) is 18.7. The number of rotatable bonds is 5. The number of aliphatic carboxylic acids is 1. The minimum absolute atomic E-state index is 0.0581. The van der Waals surface area contributed by atoms with Crippen LogP contribution >= 0.6 is 0 Å². The lowest BCUT2D eigenvalue weighted by Gasteiger charge is -2.29. The largest absolute Gasteiger partial charge is 0.507 e. The highest BCUT2D eigenvalue weighted by Gasteiger charge is 2.31. The monoisotopic (exact) mass is 437 g/mol. The van der Waals surface area contributed by atoms with Crippen molar-refractivity contribution < 1.29 is 28.2 Å². The van der Waals surface area contributed by atoms with Gasteiger partial charge < -0.3 is 10.2 Å². The third kappa shape index (κ3) is 6.00. The molecule has 4 nitrogen and oxygen atoms in total. The van der Waals surface area contributed by atoms with Crippen molar-refractivity contribution in [2.45, 2.75) is 71.1 Å². The lowest BCUT2D eigenvalue weighted by atomic mass is 9.77. The van der Waals surface area contributed by atoms with Crippen LogP contribution in [0.5, 0.6) is 5.75 Å². The second kappa shape index (κ2) is 8.54. The summed E-state index contributed by atoms with van der Waals surface area (Å²) < 4.78 is 38.9. The highest BCUT2D eigenvalue weighted by atomic mass is 19.4. The first-order valence-electron chi connectivity index (χ1n) is 10.0. The summed E-state index contributed by atoms with van der Waals surface area (Å²) >= 11 is 0. The van der Waals surface area contributed by atoms with Gasteiger partial charge in [-0.25, -0.2) is 0 Å². The summed E-state index contributed by atoms with van der Waals surface area (Å²) in [6.07, 6.45) is -4.47. The van der Waals surface area contributed by atoms with Gasteiger partial charge in [-0.2, -0.15) is 13.2 Å². The van der Waals surface area contributed by atoms with Crippen molar-refractivity contribution >= 4 is 5.97 Å². The predicted molar refractivity (Wildman–Crippen MR) is 114 cm³/mol. The molecule has 0 fully saturated rings. The van der Waals surface area contributed by atoms with Gasteiger partial charge in [0.25, 0.3) is 0 Å². The molecule has 2 aromatic rings. The maximum absolute atomic E-state index is 13.0. The molecule has 7 heteroatoms. The van der Waals surface area contributed by atoms with E-state index in [1.165, 1.54) is 12.1 Å². The van der Waals surface area contributed by atoms with Crippen LogP contribution in [0.25, 0.3) is 0 Å². The molecule has 1 atom stereocenters. The van der Waals surface area contributed by atoms with E-state index in [0.29, 0.717) is 22.3 Å². The molecule has 0 amide bonds. The molecule has 0 spiro atoms. The molecule has 3 N–H and O–H groups in total. The third-order valence-electron chi connectivity index (χ3n) is 5.09. The van der Waals surface area contributed by atoms with Gasteiger partial charge in [0, 0.05) is 6.54 Å². The van der Waals surface area contributed by atoms with E-state index in [4.69, 9.17) is 0 Å². The first-order chi connectivity index (χ1) is 14.0. The van der Waals surface area contributed by atoms with Gasteiger partial charge in [-0.3, -0.25) is 10.1 Å². The zero-order chi connectivity index (χ0) is 23.8. The molecule has 31 heavy (non-hydrogen) atoms. The second-order valence-corrected chi connectivity index (χ2v) is 9.81. The van der Waals surface area contributed by atoms with Crippen molar-refractivity contribution in [1.82, 2.24) is 5.32 Å². The number of aromatic hydroxyl groups is 1. The van der Waals surface area contributed by atoms with Crippen LogP contribution in [-0.4, -0.2) is 16.2 Å². The number of hydrogen-bond acceptors (Lipinski definition) is 3. The number of alkyl halides is 3. The highest BCUT2D eigenvalue weighted by molar-refractivity contribution is 5.76. The molecular weight excluding hydrogens is 407 g/mol. The lowest BCUT2D eigenvalue weighted by molar-refractivity contribution is -0.140. The second-order valence-electron chi connectivity index (χ2n) is 9.81. The van der Waals surface area contributed by atoms with Crippen LogP contribution in [0.4, 0.5) is 13.2 Å². The van der Waals surface area contributed by atoms with Gasteiger partial charge in [0.05, 0.1) is 5.56 Å². The normalized spacial score (nSPS) is 13.8. The number of carboxylic acids is 1. The number of phenols is 1. The molecule has 0 aromatic heterocycles. The van der Waals surface area contributed by atoms with Crippen molar-refractivity contribution in [1.29, 1.82) is 0 Å². The van der Waals surface area contributed by atoms with E-state index in [1.807, 2.05) is 41.5 Å². The van der Waals surface area contributed by atoms with E-state index < -0.39 is 34.6 Å². The molecule has 1 unspecified atom stereocenters. The average Bonchev–Trinajstić information content (AvgIpc) is 2.60. The van der Waals surface area contributed by atoms with Crippen molar-refractivity contribution in [3.8, 4) is 5.75 Å². The Kier molecular flexibility index (Phi) is 6.81. The molecule has 0 heterocycles. The van der Waals surface area contributed by atoms with Gasteiger partial charge in [-0.15, -0.1) is 0 Å². The van der Waals surface area contributed by atoms with Crippen molar-refractivity contribution in [2.75, 3.05) is 0 Å². The van der Waals surface area contributed by atoms with Crippen LogP contribution in [-0.2, 0) is 28.3 Å². The summed E-state index contributed by atoms with van der Waals surface area (Å²) in [5, 5.41) is 23.5. The molecule has 0 radical (unpaired) electrons.